The van der Waals surface area contributed by atoms with Gasteiger partial charge in [-0.25, -0.2) is 0 Å². The molecule has 0 rings (SSSR count). The van der Waals surface area contributed by atoms with Crippen molar-refractivity contribution in [3.63, 3.8) is 0 Å². The summed E-state index contributed by atoms with van der Waals surface area (Å²) >= 11 is 0. The molecule has 0 aromatic carbocycles. The van der Waals surface area contributed by atoms with Crippen LogP contribution in [0.1, 0.15) is 46.5 Å². The van der Waals surface area contributed by atoms with Crippen molar-refractivity contribution in [2.75, 3.05) is 13.7 Å². The van der Waals surface area contributed by atoms with Crippen molar-refractivity contribution in [2.45, 2.75) is 46.5 Å². The van der Waals surface area contributed by atoms with E-state index in [0.717, 1.165) is 6.61 Å². The third-order valence-electron chi connectivity index (χ3n) is 2.13. The zero-order chi connectivity index (χ0) is 8.74. The van der Waals surface area contributed by atoms with Crippen LogP contribution in [0.2, 0.25) is 0 Å². The normalized spacial score (nSPS) is 12.0. The van der Waals surface area contributed by atoms with E-state index in [-0.39, 0.29) is 0 Å². The Balaban J connectivity index is 3.38. The Kier molecular flexibility index (Phi) is 5.57. The lowest BCUT2D eigenvalue weighted by Gasteiger charge is -2.23. The molecule has 0 bridgehead atoms. The minimum Gasteiger partial charge on any atom is -0.385 e. The molecule has 0 aliphatic carbocycles. The molecule has 0 heterocycles. The van der Waals surface area contributed by atoms with Crippen LogP contribution in [0, 0.1) is 5.41 Å². The maximum atomic E-state index is 5.02. The van der Waals surface area contributed by atoms with E-state index in [4.69, 9.17) is 4.74 Å². The van der Waals surface area contributed by atoms with Crippen molar-refractivity contribution in [1.82, 2.24) is 0 Å². The SMILES string of the molecule is CCCC(C)(C)CCCOC. The van der Waals surface area contributed by atoms with Gasteiger partial charge in [-0.15, -0.1) is 0 Å². The summed E-state index contributed by atoms with van der Waals surface area (Å²) in [6, 6.07) is 0. The van der Waals surface area contributed by atoms with Crippen molar-refractivity contribution in [1.29, 1.82) is 0 Å². The van der Waals surface area contributed by atoms with Crippen molar-refractivity contribution in [3.8, 4) is 0 Å². The minimum absolute atomic E-state index is 0.521. The van der Waals surface area contributed by atoms with Gasteiger partial charge in [-0.3, -0.25) is 0 Å². The minimum atomic E-state index is 0.521. The second-order valence-electron chi connectivity index (χ2n) is 4.01. The monoisotopic (exact) mass is 158 g/mol. The summed E-state index contributed by atoms with van der Waals surface area (Å²) in [5, 5.41) is 0. The molecule has 0 radical (unpaired) electrons. The van der Waals surface area contributed by atoms with Crippen LogP contribution in [0.15, 0.2) is 0 Å². The molecule has 11 heavy (non-hydrogen) atoms. The van der Waals surface area contributed by atoms with Crippen molar-refractivity contribution >= 4 is 0 Å². The first-order valence-corrected chi connectivity index (χ1v) is 4.61. The average molecular weight is 158 g/mol. The van der Waals surface area contributed by atoms with Gasteiger partial charge >= 0.3 is 0 Å². The van der Waals surface area contributed by atoms with Crippen molar-refractivity contribution in [3.05, 3.63) is 0 Å². The highest BCUT2D eigenvalue weighted by atomic mass is 16.5. The number of methoxy groups -OCH3 is 1. The van der Waals surface area contributed by atoms with E-state index in [2.05, 4.69) is 20.8 Å². The molecule has 1 heteroatoms. The predicted molar refractivity (Wildman–Crippen MR) is 49.8 cm³/mol. The Labute approximate surface area is 71.1 Å². The van der Waals surface area contributed by atoms with Gasteiger partial charge in [0.05, 0.1) is 0 Å². The molecule has 0 saturated heterocycles. The fourth-order valence-electron chi connectivity index (χ4n) is 1.50. The van der Waals surface area contributed by atoms with Crippen molar-refractivity contribution in [2.24, 2.45) is 5.41 Å². The predicted octanol–water partition coefficient (Wildman–Crippen LogP) is 3.24. The zero-order valence-corrected chi connectivity index (χ0v) is 8.44. The van der Waals surface area contributed by atoms with E-state index in [1.807, 2.05) is 0 Å². The Hall–Kier alpha value is -0.0400. The molecule has 0 aliphatic rings. The first-order chi connectivity index (χ1) is 5.12. The first kappa shape index (κ1) is 11.0. The van der Waals surface area contributed by atoms with Crippen LogP contribution < -0.4 is 0 Å². The van der Waals surface area contributed by atoms with Gasteiger partial charge in [-0.1, -0.05) is 27.2 Å². The highest BCUT2D eigenvalue weighted by Crippen LogP contribution is 2.27. The Morgan fingerprint density at radius 1 is 1.18 bits per heavy atom. The van der Waals surface area contributed by atoms with E-state index < -0.39 is 0 Å². The Morgan fingerprint density at radius 2 is 1.82 bits per heavy atom. The summed E-state index contributed by atoms with van der Waals surface area (Å²) in [6.07, 6.45) is 5.11. The summed E-state index contributed by atoms with van der Waals surface area (Å²) in [5.74, 6) is 0. The van der Waals surface area contributed by atoms with Crippen LogP contribution in [-0.4, -0.2) is 13.7 Å². The van der Waals surface area contributed by atoms with Crippen molar-refractivity contribution < 1.29 is 4.74 Å². The molecule has 0 aromatic rings. The van der Waals surface area contributed by atoms with Crippen LogP contribution in [0.5, 0.6) is 0 Å². The highest BCUT2D eigenvalue weighted by Gasteiger charge is 2.15. The summed E-state index contributed by atoms with van der Waals surface area (Å²) in [4.78, 5) is 0. The maximum absolute atomic E-state index is 5.02. The number of ether oxygens (including phenoxy) is 1. The number of hydrogen-bond acceptors (Lipinski definition) is 1. The molecule has 0 fully saturated rings. The maximum Gasteiger partial charge on any atom is 0.0462 e. The first-order valence-electron chi connectivity index (χ1n) is 4.61. The van der Waals surface area contributed by atoms with Crippen LogP contribution in [0.25, 0.3) is 0 Å². The average Bonchev–Trinajstić information content (AvgIpc) is 1.87. The second kappa shape index (κ2) is 5.59. The summed E-state index contributed by atoms with van der Waals surface area (Å²) in [6.45, 7) is 7.84. The van der Waals surface area contributed by atoms with Gasteiger partial charge in [0, 0.05) is 13.7 Å². The third-order valence-corrected chi connectivity index (χ3v) is 2.13. The fraction of sp³-hybridized carbons (Fsp3) is 1.00. The lowest BCUT2D eigenvalue weighted by molar-refractivity contribution is 0.172. The molecular formula is C10H22O. The molecule has 0 aliphatic heterocycles. The van der Waals surface area contributed by atoms with E-state index in [9.17, 15) is 0 Å². The van der Waals surface area contributed by atoms with Gasteiger partial charge in [0.1, 0.15) is 0 Å². The van der Waals surface area contributed by atoms with Gasteiger partial charge < -0.3 is 4.74 Å². The third kappa shape index (κ3) is 6.36. The van der Waals surface area contributed by atoms with Gasteiger partial charge in [0.2, 0.25) is 0 Å². The smallest absolute Gasteiger partial charge is 0.0462 e. The molecule has 68 valence electrons. The largest absolute Gasteiger partial charge is 0.385 e. The van der Waals surface area contributed by atoms with Crippen LogP contribution in [0.4, 0.5) is 0 Å². The molecule has 0 atom stereocenters. The van der Waals surface area contributed by atoms with Crippen LogP contribution >= 0.6 is 0 Å². The standard InChI is InChI=1S/C10H22O/c1-5-7-10(2,3)8-6-9-11-4/h5-9H2,1-4H3. The lowest BCUT2D eigenvalue weighted by Crippen LogP contribution is -2.11. The molecule has 0 unspecified atom stereocenters. The molecule has 0 N–H and O–H groups in total. The number of hydrogen-bond donors (Lipinski definition) is 0. The van der Waals surface area contributed by atoms with E-state index >= 15 is 0 Å². The number of rotatable bonds is 6. The quantitative estimate of drug-likeness (QED) is 0.539. The Morgan fingerprint density at radius 3 is 2.27 bits per heavy atom. The summed E-state index contributed by atoms with van der Waals surface area (Å²) in [5.41, 5.74) is 0.521. The highest BCUT2D eigenvalue weighted by molar-refractivity contribution is 4.67. The summed E-state index contributed by atoms with van der Waals surface area (Å²) in [7, 11) is 1.77. The van der Waals surface area contributed by atoms with E-state index in [1.165, 1.54) is 25.7 Å². The molecule has 0 saturated carbocycles. The molecule has 0 amide bonds. The van der Waals surface area contributed by atoms with Crippen LogP contribution in [0.3, 0.4) is 0 Å². The topological polar surface area (TPSA) is 9.23 Å². The van der Waals surface area contributed by atoms with E-state index in [0.29, 0.717) is 5.41 Å². The lowest BCUT2D eigenvalue weighted by atomic mass is 9.83. The van der Waals surface area contributed by atoms with E-state index in [1.54, 1.807) is 7.11 Å². The molecule has 0 aromatic heterocycles. The van der Waals surface area contributed by atoms with Crippen LogP contribution in [-0.2, 0) is 4.74 Å². The fourth-order valence-corrected chi connectivity index (χ4v) is 1.50. The van der Waals surface area contributed by atoms with Gasteiger partial charge in [-0.05, 0) is 24.7 Å². The molecule has 0 spiro atoms. The second-order valence-corrected chi connectivity index (χ2v) is 4.01. The summed E-state index contributed by atoms with van der Waals surface area (Å²) < 4.78 is 5.02. The Bertz CT molecular complexity index is 86.9. The van der Waals surface area contributed by atoms with Gasteiger partial charge in [0.15, 0.2) is 0 Å². The molecule has 1 nitrogen and oxygen atoms in total. The molecular weight excluding hydrogens is 136 g/mol. The van der Waals surface area contributed by atoms with Gasteiger partial charge in [0.25, 0.3) is 0 Å². The van der Waals surface area contributed by atoms with Gasteiger partial charge in [-0.2, -0.15) is 0 Å². The zero-order valence-electron chi connectivity index (χ0n) is 8.44.